The molecule has 0 radical (unpaired) electrons. The highest BCUT2D eigenvalue weighted by atomic mass is 32.1. The fraction of sp³-hybridized carbons (Fsp3) is 0.357. The molecule has 0 aliphatic rings. The number of hydrogen-bond acceptors (Lipinski definition) is 6. The minimum absolute atomic E-state index is 0.598. The van der Waals surface area contributed by atoms with Gasteiger partial charge in [-0.3, -0.25) is 0 Å². The lowest BCUT2D eigenvalue weighted by Gasteiger charge is -2.08. The van der Waals surface area contributed by atoms with Gasteiger partial charge in [0.25, 0.3) is 0 Å². The molecule has 0 aliphatic carbocycles. The zero-order valence-corrected chi connectivity index (χ0v) is 21.9. The van der Waals surface area contributed by atoms with Crippen molar-refractivity contribution in [2.24, 2.45) is 0 Å². The van der Waals surface area contributed by atoms with E-state index in [1.807, 2.05) is 10.8 Å². The van der Waals surface area contributed by atoms with Gasteiger partial charge in [-0.05, 0) is 30.7 Å². The highest BCUT2D eigenvalue weighted by molar-refractivity contribution is 7.14. The average Bonchev–Trinajstić information content (AvgIpc) is 3.58. The van der Waals surface area contributed by atoms with Crippen LogP contribution in [-0.2, 0) is 6.54 Å². The maximum atomic E-state index is 5.91. The Balaban J connectivity index is 1.46. The molecule has 0 atom stereocenters. The molecule has 4 N–H and O–H groups in total. The van der Waals surface area contributed by atoms with Crippen LogP contribution in [0, 0.1) is 0 Å². The Hall–Kier alpha value is -2.90. The zero-order chi connectivity index (χ0) is 24.2. The van der Waals surface area contributed by atoms with Crippen LogP contribution in [0.1, 0.15) is 58.3 Å². The Morgan fingerprint density at radius 2 is 1.17 bits per heavy atom. The second-order valence-corrected chi connectivity index (χ2v) is 11.0. The Morgan fingerprint density at radius 3 is 1.63 bits per heavy atom. The minimum atomic E-state index is 0.598. The van der Waals surface area contributed by atoms with Crippen LogP contribution in [0.5, 0.6) is 0 Å². The van der Waals surface area contributed by atoms with E-state index in [1.54, 1.807) is 0 Å². The second-order valence-electron chi connectivity index (χ2n) is 9.23. The molecular formula is C28H33N5S2. The third-order valence-corrected chi connectivity index (χ3v) is 8.08. The van der Waals surface area contributed by atoms with E-state index in [4.69, 9.17) is 11.5 Å². The number of aromatic nitrogens is 3. The molecule has 0 fully saturated rings. The van der Waals surface area contributed by atoms with E-state index in [0.717, 1.165) is 29.1 Å². The van der Waals surface area contributed by atoms with Crippen LogP contribution >= 0.6 is 22.7 Å². The number of nitrogen functional groups attached to an aromatic ring is 2. The molecule has 0 saturated heterocycles. The van der Waals surface area contributed by atoms with Crippen molar-refractivity contribution in [1.29, 1.82) is 0 Å². The summed E-state index contributed by atoms with van der Waals surface area (Å²) >= 11 is 2.96. The second kappa shape index (κ2) is 10.8. The molecule has 5 aromatic rings. The third-order valence-electron chi connectivity index (χ3n) is 6.74. The van der Waals surface area contributed by atoms with E-state index in [0.29, 0.717) is 10.3 Å². The fourth-order valence-corrected chi connectivity index (χ4v) is 6.05. The highest BCUT2D eigenvalue weighted by Gasteiger charge is 2.14. The number of hydrogen-bond donors (Lipinski definition) is 2. The first-order valence-corrected chi connectivity index (χ1v) is 14.4. The Labute approximate surface area is 214 Å². The van der Waals surface area contributed by atoms with Crippen LogP contribution in [-0.4, -0.2) is 14.5 Å². The van der Waals surface area contributed by atoms with Gasteiger partial charge in [0, 0.05) is 50.2 Å². The molecule has 0 aliphatic heterocycles. The van der Waals surface area contributed by atoms with Gasteiger partial charge in [0.1, 0.15) is 0 Å². The summed E-state index contributed by atoms with van der Waals surface area (Å²) in [5.41, 5.74) is 18.4. The molecule has 0 unspecified atom stereocenters. The first-order chi connectivity index (χ1) is 17.1. The Kier molecular flexibility index (Phi) is 7.35. The van der Waals surface area contributed by atoms with Crippen LogP contribution < -0.4 is 11.5 Å². The fourth-order valence-electron chi connectivity index (χ4n) is 4.91. The van der Waals surface area contributed by atoms with Crippen molar-refractivity contribution in [2.45, 2.75) is 64.8 Å². The number of nitrogens with two attached hydrogens (primary N) is 2. The molecule has 3 aromatic heterocycles. The maximum Gasteiger partial charge on any atom is 0.180 e. The molecule has 2 aromatic carbocycles. The normalized spacial score (nSPS) is 11.7. The number of thiazole rings is 2. The number of benzene rings is 2. The van der Waals surface area contributed by atoms with Crippen molar-refractivity contribution in [1.82, 2.24) is 14.5 Å². The monoisotopic (exact) mass is 503 g/mol. The summed E-state index contributed by atoms with van der Waals surface area (Å²) in [6.07, 6.45) is 10.6. The maximum absolute atomic E-state index is 5.91. The smallest absolute Gasteiger partial charge is 0.180 e. The molecule has 0 saturated carbocycles. The first-order valence-electron chi connectivity index (χ1n) is 12.6. The molecule has 182 valence electrons. The lowest BCUT2D eigenvalue weighted by Crippen LogP contribution is -1.98. The third kappa shape index (κ3) is 5.21. The lowest BCUT2D eigenvalue weighted by atomic mass is 10.1. The van der Waals surface area contributed by atoms with Gasteiger partial charge in [-0.25, -0.2) is 9.97 Å². The first kappa shape index (κ1) is 23.8. The Morgan fingerprint density at radius 1 is 0.686 bits per heavy atom. The van der Waals surface area contributed by atoms with Crippen molar-refractivity contribution >= 4 is 54.7 Å². The predicted octanol–water partition coefficient (Wildman–Crippen LogP) is 8.35. The van der Waals surface area contributed by atoms with Gasteiger partial charge in [0.05, 0.1) is 11.4 Å². The van der Waals surface area contributed by atoms with Gasteiger partial charge < -0.3 is 16.0 Å². The van der Waals surface area contributed by atoms with Crippen LogP contribution in [0.4, 0.5) is 10.3 Å². The SMILES string of the molecule is CCCCCCCCCCn1c2ccc(-c3csc(N)n3)cc2c2cc(-c3csc(N)n3)ccc21. The summed E-state index contributed by atoms with van der Waals surface area (Å²) in [5, 5.41) is 7.74. The average molecular weight is 504 g/mol. The summed E-state index contributed by atoms with van der Waals surface area (Å²) < 4.78 is 2.49. The molecule has 7 heteroatoms. The molecule has 0 spiro atoms. The number of rotatable bonds is 11. The molecule has 0 amide bonds. The summed E-state index contributed by atoms with van der Waals surface area (Å²) in [6.45, 7) is 3.30. The molecule has 5 nitrogen and oxygen atoms in total. The minimum Gasteiger partial charge on any atom is -0.375 e. The quantitative estimate of drug-likeness (QED) is 0.177. The summed E-state index contributed by atoms with van der Waals surface area (Å²) in [4.78, 5) is 9.01. The van der Waals surface area contributed by atoms with Gasteiger partial charge in [-0.2, -0.15) is 0 Å². The standard InChI is InChI=1S/C28H33N5S2/c1-2-3-4-5-6-7-8-9-14-33-25-12-10-19(23-17-34-27(29)31-23)15-21(25)22-16-20(11-13-26(22)33)24-18-35-28(30)32-24/h10-13,15-18H,2-9,14H2,1H3,(H2,29,31)(H2,30,32). The lowest BCUT2D eigenvalue weighted by molar-refractivity contribution is 0.553. The van der Waals surface area contributed by atoms with Crippen molar-refractivity contribution in [3.63, 3.8) is 0 Å². The van der Waals surface area contributed by atoms with Crippen molar-refractivity contribution in [3.8, 4) is 22.5 Å². The topological polar surface area (TPSA) is 82.8 Å². The van der Waals surface area contributed by atoms with E-state index in [-0.39, 0.29) is 0 Å². The highest BCUT2D eigenvalue weighted by Crippen LogP contribution is 2.36. The van der Waals surface area contributed by atoms with Gasteiger partial charge in [-0.1, -0.05) is 64.0 Å². The predicted molar refractivity (Wildman–Crippen MR) is 153 cm³/mol. The Bertz CT molecular complexity index is 1330. The molecule has 0 bridgehead atoms. The van der Waals surface area contributed by atoms with Crippen molar-refractivity contribution in [3.05, 3.63) is 47.2 Å². The van der Waals surface area contributed by atoms with E-state index >= 15 is 0 Å². The molecule has 5 rings (SSSR count). The van der Waals surface area contributed by atoms with Crippen molar-refractivity contribution in [2.75, 3.05) is 11.5 Å². The van der Waals surface area contributed by atoms with Gasteiger partial charge >= 0.3 is 0 Å². The van der Waals surface area contributed by atoms with Crippen LogP contribution in [0.25, 0.3) is 44.3 Å². The number of fused-ring (bicyclic) bond motifs is 3. The van der Waals surface area contributed by atoms with Crippen LogP contribution in [0.3, 0.4) is 0 Å². The van der Waals surface area contributed by atoms with E-state index in [1.165, 1.54) is 95.8 Å². The number of unbranched alkanes of at least 4 members (excludes halogenated alkanes) is 7. The van der Waals surface area contributed by atoms with Crippen LogP contribution in [0.15, 0.2) is 47.2 Å². The van der Waals surface area contributed by atoms with Crippen LogP contribution in [0.2, 0.25) is 0 Å². The summed E-state index contributed by atoms with van der Waals surface area (Å²) in [6, 6.07) is 13.3. The van der Waals surface area contributed by atoms with Gasteiger partial charge in [0.2, 0.25) is 0 Å². The van der Waals surface area contributed by atoms with E-state index < -0.39 is 0 Å². The summed E-state index contributed by atoms with van der Waals surface area (Å²) in [5.74, 6) is 0. The molecular weight excluding hydrogens is 470 g/mol. The molecule has 35 heavy (non-hydrogen) atoms. The van der Waals surface area contributed by atoms with E-state index in [9.17, 15) is 0 Å². The molecule has 3 heterocycles. The van der Waals surface area contributed by atoms with Gasteiger partial charge in [-0.15, -0.1) is 22.7 Å². The number of anilines is 2. The number of nitrogens with zero attached hydrogens (tertiary/aromatic N) is 3. The van der Waals surface area contributed by atoms with Crippen molar-refractivity contribution < 1.29 is 0 Å². The zero-order valence-electron chi connectivity index (χ0n) is 20.3. The van der Waals surface area contributed by atoms with E-state index in [2.05, 4.69) is 57.9 Å². The summed E-state index contributed by atoms with van der Waals surface area (Å²) in [7, 11) is 0. The number of aryl methyl sites for hydroxylation is 1. The largest absolute Gasteiger partial charge is 0.375 e. The van der Waals surface area contributed by atoms with Gasteiger partial charge in [0.15, 0.2) is 10.3 Å².